The molecule has 0 radical (unpaired) electrons. The van der Waals surface area contributed by atoms with E-state index < -0.39 is 0 Å². The van der Waals surface area contributed by atoms with E-state index in [0.29, 0.717) is 6.61 Å². The summed E-state index contributed by atoms with van der Waals surface area (Å²) in [5, 5.41) is 4.65. The van der Waals surface area contributed by atoms with Gasteiger partial charge >= 0.3 is 0 Å². The molecule has 2 aromatic heterocycles. The van der Waals surface area contributed by atoms with Gasteiger partial charge in [-0.1, -0.05) is 18.2 Å². The number of nitrogens with one attached hydrogen (secondary N) is 1. The summed E-state index contributed by atoms with van der Waals surface area (Å²) in [5.74, 6) is 0.910. The van der Waals surface area contributed by atoms with Gasteiger partial charge in [0.15, 0.2) is 0 Å². The van der Waals surface area contributed by atoms with E-state index in [-0.39, 0.29) is 0 Å². The molecule has 2 nitrogen and oxygen atoms in total. The first-order valence-electron chi connectivity index (χ1n) is 6.55. The Morgan fingerprint density at radius 2 is 2.00 bits per heavy atom. The topological polar surface area (TPSA) is 25.0 Å². The largest absolute Gasteiger partial charge is 0.489 e. The predicted molar refractivity (Wildman–Crippen MR) is 84.5 cm³/mol. The van der Waals surface area contributed by atoms with Crippen molar-refractivity contribution in [1.29, 1.82) is 0 Å². The predicted octanol–water partition coefficient (Wildman–Crippen LogP) is 4.96. The first kappa shape index (κ1) is 11.6. The van der Waals surface area contributed by atoms with E-state index >= 15 is 0 Å². The molecule has 0 aliphatic heterocycles. The number of hydrogen-bond donors (Lipinski definition) is 1. The zero-order chi connectivity index (χ0) is 13.4. The van der Waals surface area contributed by atoms with Crippen molar-refractivity contribution in [2.75, 3.05) is 0 Å². The Hall–Kier alpha value is -2.26. The van der Waals surface area contributed by atoms with Gasteiger partial charge in [0.1, 0.15) is 12.4 Å². The fourth-order valence-corrected chi connectivity index (χ4v) is 3.37. The maximum Gasteiger partial charge on any atom is 0.120 e. The van der Waals surface area contributed by atoms with Gasteiger partial charge in [0.25, 0.3) is 0 Å². The molecular weight excluding hydrogens is 266 g/mol. The van der Waals surface area contributed by atoms with Gasteiger partial charge in [0.05, 0.1) is 0 Å². The molecular formula is C17H13NOS. The molecule has 2 heterocycles. The van der Waals surface area contributed by atoms with Gasteiger partial charge < -0.3 is 9.72 Å². The SMILES string of the molecule is c1ccc2c(COc3ccc4[nH]ccc4c3)csc2c1. The fourth-order valence-electron chi connectivity index (χ4n) is 2.43. The summed E-state index contributed by atoms with van der Waals surface area (Å²) in [6.45, 7) is 0.611. The third-order valence-corrected chi connectivity index (χ3v) is 4.49. The van der Waals surface area contributed by atoms with Crippen LogP contribution in [0.5, 0.6) is 5.75 Å². The minimum absolute atomic E-state index is 0.611. The fraction of sp³-hybridized carbons (Fsp3) is 0.0588. The van der Waals surface area contributed by atoms with Crippen molar-refractivity contribution in [3.05, 3.63) is 65.7 Å². The Kier molecular flexibility index (Phi) is 2.71. The summed E-state index contributed by atoms with van der Waals surface area (Å²) >= 11 is 1.77. The van der Waals surface area contributed by atoms with Crippen LogP contribution in [0.3, 0.4) is 0 Å². The molecule has 0 aliphatic carbocycles. The molecule has 98 valence electrons. The van der Waals surface area contributed by atoms with Gasteiger partial charge in [0, 0.05) is 27.4 Å². The Labute approximate surface area is 120 Å². The van der Waals surface area contributed by atoms with Crippen molar-refractivity contribution in [3.8, 4) is 5.75 Å². The molecule has 1 N–H and O–H groups in total. The highest BCUT2D eigenvalue weighted by Crippen LogP contribution is 2.27. The van der Waals surface area contributed by atoms with E-state index in [2.05, 4.69) is 52.8 Å². The Morgan fingerprint density at radius 1 is 1.05 bits per heavy atom. The first-order chi connectivity index (χ1) is 9.90. The van der Waals surface area contributed by atoms with Crippen LogP contribution in [0.1, 0.15) is 5.56 Å². The van der Waals surface area contributed by atoms with E-state index in [1.165, 1.54) is 21.0 Å². The van der Waals surface area contributed by atoms with Crippen LogP contribution in [0.15, 0.2) is 60.1 Å². The second-order valence-corrected chi connectivity index (χ2v) is 5.68. The van der Waals surface area contributed by atoms with Crippen LogP contribution < -0.4 is 4.74 Å². The summed E-state index contributed by atoms with van der Waals surface area (Å²) in [6.07, 6.45) is 1.95. The average molecular weight is 279 g/mol. The Morgan fingerprint density at radius 3 is 3.00 bits per heavy atom. The van der Waals surface area contributed by atoms with Crippen LogP contribution in [0, 0.1) is 0 Å². The van der Waals surface area contributed by atoms with Gasteiger partial charge in [-0.25, -0.2) is 0 Å². The van der Waals surface area contributed by atoms with Crippen molar-refractivity contribution in [2.45, 2.75) is 6.61 Å². The molecule has 0 unspecified atom stereocenters. The molecule has 0 amide bonds. The number of ether oxygens (including phenoxy) is 1. The van der Waals surface area contributed by atoms with Crippen LogP contribution in [-0.4, -0.2) is 4.98 Å². The molecule has 4 aromatic rings. The summed E-state index contributed by atoms with van der Waals surface area (Å²) in [6, 6.07) is 16.6. The lowest BCUT2D eigenvalue weighted by Gasteiger charge is -2.05. The minimum atomic E-state index is 0.611. The second-order valence-electron chi connectivity index (χ2n) is 4.77. The molecule has 0 saturated carbocycles. The summed E-state index contributed by atoms with van der Waals surface area (Å²) in [5.41, 5.74) is 2.39. The normalized spacial score (nSPS) is 11.2. The number of hydrogen-bond acceptors (Lipinski definition) is 2. The third-order valence-electron chi connectivity index (χ3n) is 3.48. The molecule has 0 saturated heterocycles. The van der Waals surface area contributed by atoms with Crippen LogP contribution in [0.4, 0.5) is 0 Å². The highest BCUT2D eigenvalue weighted by molar-refractivity contribution is 7.17. The molecule has 0 atom stereocenters. The lowest BCUT2D eigenvalue weighted by atomic mass is 10.2. The highest BCUT2D eigenvalue weighted by Gasteiger charge is 2.04. The number of benzene rings is 2. The average Bonchev–Trinajstić information content (AvgIpc) is 3.11. The molecule has 2 aromatic carbocycles. The molecule has 0 spiro atoms. The number of H-pyrrole nitrogens is 1. The van der Waals surface area contributed by atoms with Gasteiger partial charge in [-0.15, -0.1) is 11.3 Å². The van der Waals surface area contributed by atoms with E-state index in [1.54, 1.807) is 11.3 Å². The molecule has 0 aliphatic rings. The maximum absolute atomic E-state index is 5.93. The van der Waals surface area contributed by atoms with Crippen LogP contribution in [0.2, 0.25) is 0 Å². The standard InChI is InChI=1S/C17H13NOS/c1-2-4-17-15(3-1)13(11-20-17)10-19-14-5-6-16-12(9-14)7-8-18-16/h1-9,11,18H,10H2. The van der Waals surface area contributed by atoms with E-state index in [1.807, 2.05) is 12.3 Å². The minimum Gasteiger partial charge on any atom is -0.489 e. The number of fused-ring (bicyclic) bond motifs is 2. The van der Waals surface area contributed by atoms with Gasteiger partial charge in [0.2, 0.25) is 0 Å². The summed E-state index contributed by atoms with van der Waals surface area (Å²) in [4.78, 5) is 3.19. The van der Waals surface area contributed by atoms with Crippen molar-refractivity contribution >= 4 is 32.3 Å². The first-order valence-corrected chi connectivity index (χ1v) is 7.43. The zero-order valence-corrected chi connectivity index (χ0v) is 11.6. The van der Waals surface area contributed by atoms with Crippen molar-refractivity contribution in [1.82, 2.24) is 4.98 Å². The summed E-state index contributed by atoms with van der Waals surface area (Å²) in [7, 11) is 0. The van der Waals surface area contributed by atoms with Gasteiger partial charge in [-0.2, -0.15) is 0 Å². The Bertz CT molecular complexity index is 875. The van der Waals surface area contributed by atoms with Crippen molar-refractivity contribution in [3.63, 3.8) is 0 Å². The molecule has 0 fully saturated rings. The van der Waals surface area contributed by atoms with E-state index in [4.69, 9.17) is 4.74 Å². The lowest BCUT2D eigenvalue weighted by Crippen LogP contribution is -1.94. The smallest absolute Gasteiger partial charge is 0.120 e. The number of aromatic amines is 1. The van der Waals surface area contributed by atoms with Crippen LogP contribution in [0.25, 0.3) is 21.0 Å². The van der Waals surface area contributed by atoms with Crippen molar-refractivity contribution in [2.24, 2.45) is 0 Å². The zero-order valence-electron chi connectivity index (χ0n) is 10.8. The lowest BCUT2D eigenvalue weighted by molar-refractivity contribution is 0.308. The molecule has 20 heavy (non-hydrogen) atoms. The molecule has 0 bridgehead atoms. The van der Waals surface area contributed by atoms with E-state index in [0.717, 1.165) is 11.3 Å². The number of aromatic nitrogens is 1. The highest BCUT2D eigenvalue weighted by atomic mass is 32.1. The summed E-state index contributed by atoms with van der Waals surface area (Å²) < 4.78 is 7.24. The number of thiophene rings is 1. The second kappa shape index (κ2) is 4.69. The number of rotatable bonds is 3. The quantitative estimate of drug-likeness (QED) is 0.563. The molecule has 4 rings (SSSR count). The maximum atomic E-state index is 5.93. The monoisotopic (exact) mass is 279 g/mol. The third kappa shape index (κ3) is 1.96. The Balaban J connectivity index is 1.60. The molecule has 3 heteroatoms. The van der Waals surface area contributed by atoms with Crippen molar-refractivity contribution < 1.29 is 4.74 Å². The van der Waals surface area contributed by atoms with Crippen LogP contribution in [-0.2, 0) is 6.61 Å². The van der Waals surface area contributed by atoms with Gasteiger partial charge in [-0.3, -0.25) is 0 Å². The van der Waals surface area contributed by atoms with Gasteiger partial charge in [-0.05, 0) is 41.1 Å². The van der Waals surface area contributed by atoms with Crippen LogP contribution >= 0.6 is 11.3 Å². The van der Waals surface area contributed by atoms with E-state index in [9.17, 15) is 0 Å².